The van der Waals surface area contributed by atoms with E-state index >= 15 is 0 Å². The molecular weight excluding hydrogens is 336 g/mol. The molecule has 0 fully saturated rings. The maximum Gasteiger partial charge on any atom is 0.228 e. The molecule has 3 rings (SSSR count). The molecule has 0 unspecified atom stereocenters. The molecule has 25 heavy (non-hydrogen) atoms. The number of anilines is 1. The Morgan fingerprint density at radius 2 is 2.04 bits per heavy atom. The van der Waals surface area contributed by atoms with Crippen LogP contribution >= 0.6 is 11.6 Å². The SMILES string of the molecule is CCCC(=O)Nc1ccc(Cl)c(-c2nc3cc(C(C)C)ccc3o2)c1. The molecular formula is C20H21ClN2O2. The average Bonchev–Trinajstić information content (AvgIpc) is 2.99. The van der Waals surface area contributed by atoms with E-state index in [0.29, 0.717) is 34.5 Å². The predicted octanol–water partition coefficient (Wildman–Crippen LogP) is 6.01. The minimum absolute atomic E-state index is 0.0186. The Balaban J connectivity index is 1.97. The maximum absolute atomic E-state index is 11.8. The lowest BCUT2D eigenvalue weighted by atomic mass is 10.0. The lowest BCUT2D eigenvalue weighted by Gasteiger charge is -2.07. The van der Waals surface area contributed by atoms with Crippen LogP contribution in [0.3, 0.4) is 0 Å². The number of amides is 1. The fourth-order valence-electron chi connectivity index (χ4n) is 2.64. The molecule has 130 valence electrons. The molecule has 0 aliphatic carbocycles. The first-order valence-electron chi connectivity index (χ1n) is 8.48. The summed E-state index contributed by atoms with van der Waals surface area (Å²) in [7, 11) is 0. The van der Waals surface area contributed by atoms with Crippen molar-refractivity contribution in [1.29, 1.82) is 0 Å². The molecule has 2 aromatic carbocycles. The Hall–Kier alpha value is -2.33. The number of carbonyl (C=O) groups is 1. The molecule has 0 spiro atoms. The van der Waals surface area contributed by atoms with Crippen LogP contribution < -0.4 is 5.32 Å². The average molecular weight is 357 g/mol. The first-order valence-corrected chi connectivity index (χ1v) is 8.86. The van der Waals surface area contributed by atoms with Gasteiger partial charge in [-0.25, -0.2) is 4.98 Å². The van der Waals surface area contributed by atoms with E-state index in [1.54, 1.807) is 18.2 Å². The van der Waals surface area contributed by atoms with Crippen molar-refractivity contribution < 1.29 is 9.21 Å². The third-order valence-corrected chi connectivity index (χ3v) is 4.37. The fourth-order valence-corrected chi connectivity index (χ4v) is 2.83. The maximum atomic E-state index is 11.8. The van der Waals surface area contributed by atoms with Crippen LogP contribution in [0.4, 0.5) is 5.69 Å². The van der Waals surface area contributed by atoms with Gasteiger partial charge in [0.25, 0.3) is 0 Å². The predicted molar refractivity (Wildman–Crippen MR) is 102 cm³/mol. The van der Waals surface area contributed by atoms with E-state index < -0.39 is 0 Å². The molecule has 0 saturated carbocycles. The zero-order chi connectivity index (χ0) is 18.0. The Morgan fingerprint density at radius 3 is 2.76 bits per heavy atom. The Morgan fingerprint density at radius 1 is 1.24 bits per heavy atom. The molecule has 1 N–H and O–H groups in total. The summed E-state index contributed by atoms with van der Waals surface area (Å²) in [4.78, 5) is 16.4. The van der Waals surface area contributed by atoms with Crippen molar-refractivity contribution in [1.82, 2.24) is 4.98 Å². The van der Waals surface area contributed by atoms with Crippen molar-refractivity contribution >= 4 is 34.3 Å². The second kappa shape index (κ2) is 7.28. The van der Waals surface area contributed by atoms with Crippen molar-refractivity contribution in [3.05, 3.63) is 47.0 Å². The fraction of sp³-hybridized carbons (Fsp3) is 0.300. The number of carbonyl (C=O) groups excluding carboxylic acids is 1. The molecule has 5 heteroatoms. The van der Waals surface area contributed by atoms with E-state index in [1.165, 1.54) is 5.56 Å². The molecule has 1 amide bonds. The number of halogens is 1. The summed E-state index contributed by atoms with van der Waals surface area (Å²) in [5.74, 6) is 0.854. The minimum atomic E-state index is -0.0186. The van der Waals surface area contributed by atoms with Crippen LogP contribution in [0.15, 0.2) is 40.8 Å². The summed E-state index contributed by atoms with van der Waals surface area (Å²) in [6, 6.07) is 11.3. The van der Waals surface area contributed by atoms with Gasteiger partial charge < -0.3 is 9.73 Å². The monoisotopic (exact) mass is 356 g/mol. The first kappa shape index (κ1) is 17.5. The van der Waals surface area contributed by atoms with Crippen molar-refractivity contribution in [2.45, 2.75) is 39.5 Å². The molecule has 1 aromatic heterocycles. The van der Waals surface area contributed by atoms with Gasteiger partial charge >= 0.3 is 0 Å². The van der Waals surface area contributed by atoms with E-state index in [2.05, 4.69) is 24.1 Å². The Kier molecular flexibility index (Phi) is 5.09. The highest BCUT2D eigenvalue weighted by atomic mass is 35.5. The molecule has 0 aliphatic rings. The van der Waals surface area contributed by atoms with Gasteiger partial charge in [0.15, 0.2) is 5.58 Å². The summed E-state index contributed by atoms with van der Waals surface area (Å²) in [5.41, 5.74) is 4.08. The lowest BCUT2D eigenvalue weighted by Crippen LogP contribution is -2.10. The summed E-state index contributed by atoms with van der Waals surface area (Å²) in [5, 5.41) is 3.40. The molecule has 0 radical (unpaired) electrons. The molecule has 1 heterocycles. The molecule has 0 aliphatic heterocycles. The van der Waals surface area contributed by atoms with Gasteiger partial charge in [-0.05, 0) is 48.2 Å². The highest BCUT2D eigenvalue weighted by Gasteiger charge is 2.14. The number of hydrogen-bond donors (Lipinski definition) is 1. The number of benzene rings is 2. The number of fused-ring (bicyclic) bond motifs is 1. The van der Waals surface area contributed by atoms with Gasteiger partial charge in [0.05, 0.1) is 10.6 Å². The molecule has 0 atom stereocenters. The largest absolute Gasteiger partial charge is 0.436 e. The van der Waals surface area contributed by atoms with Crippen molar-refractivity contribution in [2.75, 3.05) is 5.32 Å². The molecule has 3 aromatic rings. The van der Waals surface area contributed by atoms with Gasteiger partial charge in [-0.2, -0.15) is 0 Å². The quantitative estimate of drug-likeness (QED) is 0.609. The third-order valence-electron chi connectivity index (χ3n) is 4.04. The minimum Gasteiger partial charge on any atom is -0.436 e. The van der Waals surface area contributed by atoms with Gasteiger partial charge in [-0.1, -0.05) is 38.4 Å². The van der Waals surface area contributed by atoms with Crippen molar-refractivity contribution in [3.8, 4) is 11.5 Å². The summed E-state index contributed by atoms with van der Waals surface area (Å²) in [6.07, 6.45) is 1.29. The summed E-state index contributed by atoms with van der Waals surface area (Å²) >= 11 is 6.33. The molecule has 4 nitrogen and oxygen atoms in total. The zero-order valence-corrected chi connectivity index (χ0v) is 15.4. The number of aromatic nitrogens is 1. The van der Waals surface area contributed by atoms with Gasteiger partial charge in [0.2, 0.25) is 11.8 Å². The van der Waals surface area contributed by atoms with Crippen LogP contribution in [0.2, 0.25) is 5.02 Å². The first-order chi connectivity index (χ1) is 12.0. The van der Waals surface area contributed by atoms with E-state index in [0.717, 1.165) is 17.5 Å². The van der Waals surface area contributed by atoms with E-state index in [-0.39, 0.29) is 5.91 Å². The number of hydrogen-bond acceptors (Lipinski definition) is 3. The lowest BCUT2D eigenvalue weighted by molar-refractivity contribution is -0.116. The van der Waals surface area contributed by atoms with Crippen molar-refractivity contribution in [3.63, 3.8) is 0 Å². The van der Waals surface area contributed by atoms with Gasteiger partial charge in [0, 0.05) is 12.1 Å². The highest BCUT2D eigenvalue weighted by Crippen LogP contribution is 2.33. The second-order valence-electron chi connectivity index (χ2n) is 6.39. The third kappa shape index (κ3) is 3.85. The van der Waals surface area contributed by atoms with Crippen molar-refractivity contribution in [2.24, 2.45) is 0 Å². The second-order valence-corrected chi connectivity index (χ2v) is 6.80. The van der Waals surface area contributed by atoms with Crippen LogP contribution in [0.5, 0.6) is 0 Å². The van der Waals surface area contributed by atoms with Gasteiger partial charge in [0.1, 0.15) is 5.52 Å². The van der Waals surface area contributed by atoms with E-state index in [1.807, 2.05) is 25.1 Å². The van der Waals surface area contributed by atoms with Crippen LogP contribution in [-0.2, 0) is 4.79 Å². The topological polar surface area (TPSA) is 55.1 Å². The van der Waals surface area contributed by atoms with Crippen LogP contribution in [-0.4, -0.2) is 10.9 Å². The van der Waals surface area contributed by atoms with Crippen LogP contribution in [0, 0.1) is 0 Å². The molecule has 0 saturated heterocycles. The molecule has 0 bridgehead atoms. The summed E-state index contributed by atoms with van der Waals surface area (Å²) < 4.78 is 5.87. The number of nitrogens with one attached hydrogen (secondary N) is 1. The van der Waals surface area contributed by atoms with E-state index in [4.69, 9.17) is 16.0 Å². The van der Waals surface area contributed by atoms with Crippen LogP contribution in [0.1, 0.15) is 45.1 Å². The normalized spacial score (nSPS) is 11.2. The van der Waals surface area contributed by atoms with Gasteiger partial charge in [-0.3, -0.25) is 4.79 Å². The van der Waals surface area contributed by atoms with E-state index in [9.17, 15) is 4.79 Å². The highest BCUT2D eigenvalue weighted by molar-refractivity contribution is 6.33. The number of nitrogens with zero attached hydrogens (tertiary/aromatic N) is 1. The Bertz CT molecular complexity index is 915. The number of oxazole rings is 1. The number of rotatable bonds is 5. The standard InChI is InChI=1S/C20H21ClN2O2/c1-4-5-19(24)22-14-7-8-16(21)15(11-14)20-23-17-10-13(12(2)3)6-9-18(17)25-20/h6-12H,4-5H2,1-3H3,(H,22,24). The summed E-state index contributed by atoms with van der Waals surface area (Å²) in [6.45, 7) is 6.25. The smallest absolute Gasteiger partial charge is 0.228 e. The zero-order valence-electron chi connectivity index (χ0n) is 14.6. The van der Waals surface area contributed by atoms with Gasteiger partial charge in [-0.15, -0.1) is 0 Å². The van der Waals surface area contributed by atoms with Crippen LogP contribution in [0.25, 0.3) is 22.6 Å². The Labute approximate surface area is 152 Å².